The van der Waals surface area contributed by atoms with Crippen LogP contribution in [0.25, 0.3) is 6.08 Å². The molecule has 1 atom stereocenters. The summed E-state index contributed by atoms with van der Waals surface area (Å²) in [5.74, 6) is 1.08. The molecule has 33 heavy (non-hydrogen) atoms. The second-order valence-corrected chi connectivity index (χ2v) is 7.30. The molecule has 0 bridgehead atoms. The van der Waals surface area contributed by atoms with Gasteiger partial charge in [0.05, 0.1) is 12.5 Å². The molecule has 170 valence electrons. The summed E-state index contributed by atoms with van der Waals surface area (Å²) in [6.45, 7) is 4.16. The standard InChI is InChI=1S/C26H26N2O5/c1-3-19(2)21-9-11-23(12-10-21)32-18-25(29)28-27-17-20-6-4-7-24(16-20)33-26(30)14-13-22-8-5-15-31-22/h4-17,19H,3,18H2,1-2H3,(H,28,29)/b14-13+,27-17-/t19-/m0/s1. The molecule has 3 aromatic rings. The number of amides is 1. The Morgan fingerprint density at radius 3 is 2.64 bits per heavy atom. The van der Waals surface area contributed by atoms with Gasteiger partial charge in [-0.15, -0.1) is 0 Å². The van der Waals surface area contributed by atoms with Crippen LogP contribution in [0.4, 0.5) is 0 Å². The van der Waals surface area contributed by atoms with Crippen LogP contribution in [0, 0.1) is 0 Å². The van der Waals surface area contributed by atoms with Gasteiger partial charge in [0.2, 0.25) is 0 Å². The summed E-state index contributed by atoms with van der Waals surface area (Å²) < 4.78 is 15.9. The van der Waals surface area contributed by atoms with Crippen LogP contribution in [0.2, 0.25) is 0 Å². The zero-order valence-corrected chi connectivity index (χ0v) is 18.6. The van der Waals surface area contributed by atoms with E-state index in [0.29, 0.717) is 28.7 Å². The van der Waals surface area contributed by atoms with E-state index in [1.165, 1.54) is 30.2 Å². The lowest BCUT2D eigenvalue weighted by Gasteiger charge is -2.10. The summed E-state index contributed by atoms with van der Waals surface area (Å²) in [6, 6.07) is 17.9. The molecule has 7 nitrogen and oxygen atoms in total. The largest absolute Gasteiger partial charge is 0.484 e. The maximum Gasteiger partial charge on any atom is 0.336 e. The van der Waals surface area contributed by atoms with Crippen molar-refractivity contribution in [3.8, 4) is 11.5 Å². The van der Waals surface area contributed by atoms with Gasteiger partial charge in [0.25, 0.3) is 5.91 Å². The van der Waals surface area contributed by atoms with Crippen molar-refractivity contribution in [2.45, 2.75) is 26.2 Å². The molecule has 1 N–H and O–H groups in total. The Morgan fingerprint density at radius 2 is 1.91 bits per heavy atom. The van der Waals surface area contributed by atoms with E-state index in [9.17, 15) is 9.59 Å². The lowest BCUT2D eigenvalue weighted by molar-refractivity contribution is -0.129. The number of ether oxygens (including phenoxy) is 2. The van der Waals surface area contributed by atoms with Crippen molar-refractivity contribution in [3.05, 3.63) is 89.9 Å². The maximum atomic E-state index is 12.0. The predicted molar refractivity (Wildman–Crippen MR) is 126 cm³/mol. The Kier molecular flexibility index (Phi) is 8.59. The van der Waals surface area contributed by atoms with E-state index in [1.54, 1.807) is 36.4 Å². The summed E-state index contributed by atoms with van der Waals surface area (Å²) in [4.78, 5) is 23.9. The average molecular weight is 447 g/mol. The molecular weight excluding hydrogens is 420 g/mol. The molecule has 2 aromatic carbocycles. The highest BCUT2D eigenvalue weighted by Gasteiger charge is 2.05. The zero-order chi connectivity index (χ0) is 23.5. The van der Waals surface area contributed by atoms with Gasteiger partial charge >= 0.3 is 5.97 Å². The fraction of sp³-hybridized carbons (Fsp3) is 0.192. The Bertz CT molecular complexity index is 1100. The maximum absolute atomic E-state index is 12.0. The van der Waals surface area contributed by atoms with Crippen LogP contribution < -0.4 is 14.9 Å². The first-order valence-electron chi connectivity index (χ1n) is 10.6. The molecule has 1 heterocycles. The van der Waals surface area contributed by atoms with Crippen LogP contribution in [-0.4, -0.2) is 24.7 Å². The topological polar surface area (TPSA) is 90.1 Å². The first kappa shape index (κ1) is 23.5. The minimum Gasteiger partial charge on any atom is -0.484 e. The van der Waals surface area contributed by atoms with Crippen LogP contribution in [0.15, 0.2) is 82.5 Å². The summed E-state index contributed by atoms with van der Waals surface area (Å²) in [6.07, 6.45) is 6.83. The monoisotopic (exact) mass is 446 g/mol. The van der Waals surface area contributed by atoms with Crippen molar-refractivity contribution in [2.75, 3.05) is 6.61 Å². The summed E-state index contributed by atoms with van der Waals surface area (Å²) in [5, 5.41) is 3.92. The Hall–Kier alpha value is -4.13. The van der Waals surface area contributed by atoms with E-state index in [-0.39, 0.29) is 12.5 Å². The molecule has 7 heteroatoms. The average Bonchev–Trinajstić information content (AvgIpc) is 3.35. The van der Waals surface area contributed by atoms with Gasteiger partial charge in [-0.05, 0) is 65.9 Å². The molecule has 1 aromatic heterocycles. The van der Waals surface area contributed by atoms with Gasteiger partial charge in [0.15, 0.2) is 6.61 Å². The van der Waals surface area contributed by atoms with Gasteiger partial charge in [0, 0.05) is 6.08 Å². The molecular formula is C26H26N2O5. The fourth-order valence-electron chi connectivity index (χ4n) is 2.83. The quantitative estimate of drug-likeness (QED) is 0.157. The zero-order valence-electron chi connectivity index (χ0n) is 18.6. The number of hydrazone groups is 1. The summed E-state index contributed by atoms with van der Waals surface area (Å²) >= 11 is 0. The number of furan rings is 1. The fourth-order valence-corrected chi connectivity index (χ4v) is 2.83. The normalized spacial score (nSPS) is 12.1. The van der Waals surface area contributed by atoms with Crippen LogP contribution in [0.3, 0.4) is 0 Å². The third-order valence-corrected chi connectivity index (χ3v) is 4.84. The van der Waals surface area contributed by atoms with Crippen molar-refractivity contribution in [3.63, 3.8) is 0 Å². The third kappa shape index (κ3) is 7.81. The molecule has 3 rings (SSSR count). The number of nitrogens with one attached hydrogen (secondary N) is 1. The molecule has 0 radical (unpaired) electrons. The van der Waals surface area contributed by atoms with Gasteiger partial charge in [0.1, 0.15) is 17.3 Å². The highest BCUT2D eigenvalue weighted by molar-refractivity contribution is 5.89. The number of benzene rings is 2. The minimum atomic E-state index is -0.539. The van der Waals surface area contributed by atoms with Crippen molar-refractivity contribution in [2.24, 2.45) is 5.10 Å². The molecule has 0 aliphatic rings. The highest BCUT2D eigenvalue weighted by atomic mass is 16.5. The molecule has 0 unspecified atom stereocenters. The number of carbonyl (C=O) groups excluding carboxylic acids is 2. The lowest BCUT2D eigenvalue weighted by atomic mass is 9.99. The smallest absolute Gasteiger partial charge is 0.336 e. The molecule has 0 aliphatic carbocycles. The van der Waals surface area contributed by atoms with Crippen molar-refractivity contribution in [1.29, 1.82) is 0 Å². The van der Waals surface area contributed by atoms with Gasteiger partial charge < -0.3 is 13.9 Å². The van der Waals surface area contributed by atoms with Gasteiger partial charge in [-0.1, -0.05) is 38.1 Å². The number of hydrogen-bond acceptors (Lipinski definition) is 6. The Balaban J connectivity index is 1.45. The van der Waals surface area contributed by atoms with Crippen LogP contribution >= 0.6 is 0 Å². The summed E-state index contributed by atoms with van der Waals surface area (Å²) in [7, 11) is 0. The lowest BCUT2D eigenvalue weighted by Crippen LogP contribution is -2.24. The van der Waals surface area contributed by atoms with Gasteiger partial charge in [-0.2, -0.15) is 5.10 Å². The van der Waals surface area contributed by atoms with Crippen molar-refractivity contribution >= 4 is 24.2 Å². The van der Waals surface area contributed by atoms with E-state index in [1.807, 2.05) is 24.3 Å². The number of rotatable bonds is 10. The van der Waals surface area contributed by atoms with Crippen molar-refractivity contribution in [1.82, 2.24) is 5.43 Å². The Morgan fingerprint density at radius 1 is 1.09 bits per heavy atom. The second-order valence-electron chi connectivity index (χ2n) is 7.30. The van der Waals surface area contributed by atoms with Gasteiger partial charge in [-0.3, -0.25) is 4.79 Å². The Labute approximate surface area is 192 Å². The van der Waals surface area contributed by atoms with E-state index in [2.05, 4.69) is 24.4 Å². The number of nitrogens with zero attached hydrogens (tertiary/aromatic N) is 1. The second kappa shape index (κ2) is 12.0. The first-order valence-corrected chi connectivity index (χ1v) is 10.6. The van der Waals surface area contributed by atoms with E-state index in [4.69, 9.17) is 13.9 Å². The molecule has 0 spiro atoms. The molecule has 0 saturated heterocycles. The SMILES string of the molecule is CC[C@H](C)c1ccc(OCC(=O)N/N=C\c2cccc(OC(=O)/C=C/c3ccco3)c2)cc1. The summed E-state index contributed by atoms with van der Waals surface area (Å²) in [5.41, 5.74) is 4.30. The predicted octanol–water partition coefficient (Wildman–Crippen LogP) is 4.94. The molecule has 1 amide bonds. The van der Waals surface area contributed by atoms with Crippen molar-refractivity contribution < 1.29 is 23.5 Å². The van der Waals surface area contributed by atoms with E-state index < -0.39 is 5.97 Å². The van der Waals surface area contributed by atoms with Crippen LogP contribution in [-0.2, 0) is 9.59 Å². The third-order valence-electron chi connectivity index (χ3n) is 4.84. The number of hydrogen-bond donors (Lipinski definition) is 1. The number of carbonyl (C=O) groups is 2. The first-order chi connectivity index (χ1) is 16.0. The molecule has 0 aliphatic heterocycles. The molecule has 0 saturated carbocycles. The minimum absolute atomic E-state index is 0.153. The number of esters is 1. The highest BCUT2D eigenvalue weighted by Crippen LogP contribution is 2.21. The molecule has 0 fully saturated rings. The van der Waals surface area contributed by atoms with E-state index in [0.717, 1.165) is 6.42 Å². The van der Waals surface area contributed by atoms with Crippen LogP contribution in [0.1, 0.15) is 43.1 Å². The van der Waals surface area contributed by atoms with Crippen LogP contribution in [0.5, 0.6) is 11.5 Å². The van der Waals surface area contributed by atoms with E-state index >= 15 is 0 Å². The van der Waals surface area contributed by atoms with Gasteiger partial charge in [-0.25, -0.2) is 10.2 Å².